The van der Waals surface area contributed by atoms with E-state index in [9.17, 15) is 0 Å². The molecule has 0 saturated carbocycles. The van der Waals surface area contributed by atoms with E-state index in [1.165, 1.54) is 0 Å². The van der Waals surface area contributed by atoms with Gasteiger partial charge < -0.3 is 0 Å². The van der Waals surface area contributed by atoms with Crippen LogP contribution in [-0.4, -0.2) is 0 Å². The lowest BCUT2D eigenvalue weighted by Gasteiger charge is -1.64. The SMILES string of the molecule is [CH]c1ccsc1. The predicted molar refractivity (Wildman–Crippen MR) is 27.7 cm³/mol. The Morgan fingerprint density at radius 1 is 1.67 bits per heavy atom. The van der Waals surface area contributed by atoms with Crippen molar-refractivity contribution in [2.45, 2.75) is 0 Å². The van der Waals surface area contributed by atoms with Gasteiger partial charge in [0.2, 0.25) is 0 Å². The molecule has 0 N–H and O–H groups in total. The normalized spacial score (nSPS) is 8.83. The molecule has 1 rings (SSSR count). The highest BCUT2D eigenvalue weighted by atomic mass is 32.1. The minimum absolute atomic E-state index is 0.861. The third-order valence-corrected chi connectivity index (χ3v) is 1.24. The van der Waals surface area contributed by atoms with Gasteiger partial charge in [-0.3, -0.25) is 0 Å². The van der Waals surface area contributed by atoms with Crippen molar-refractivity contribution in [2.75, 3.05) is 0 Å². The Hall–Kier alpha value is -0.300. The quantitative estimate of drug-likeness (QED) is 0.462. The van der Waals surface area contributed by atoms with Crippen LogP contribution < -0.4 is 0 Å². The molecule has 0 amide bonds. The molecule has 0 bridgehead atoms. The Labute approximate surface area is 41.4 Å². The molecule has 0 atom stereocenters. The zero-order valence-corrected chi connectivity index (χ0v) is 4.03. The van der Waals surface area contributed by atoms with Crippen LogP contribution >= 0.6 is 11.3 Å². The monoisotopic (exact) mass is 96.0 g/mol. The molecule has 1 aromatic heterocycles. The first-order chi connectivity index (χ1) is 2.89. The summed E-state index contributed by atoms with van der Waals surface area (Å²) in [5.74, 6) is 0. The summed E-state index contributed by atoms with van der Waals surface area (Å²) in [6.45, 7) is 5.29. The Morgan fingerprint density at radius 3 is 2.67 bits per heavy atom. The summed E-state index contributed by atoms with van der Waals surface area (Å²) in [5, 5.41) is 3.86. The lowest BCUT2D eigenvalue weighted by Crippen LogP contribution is -1.47. The van der Waals surface area contributed by atoms with E-state index in [1.807, 2.05) is 16.8 Å². The highest BCUT2D eigenvalue weighted by Crippen LogP contribution is 2.01. The molecule has 0 unspecified atom stereocenters. The van der Waals surface area contributed by atoms with Gasteiger partial charge in [0.15, 0.2) is 0 Å². The maximum Gasteiger partial charge on any atom is -0.000322 e. The van der Waals surface area contributed by atoms with Gasteiger partial charge in [0.05, 0.1) is 0 Å². The zero-order valence-electron chi connectivity index (χ0n) is 3.22. The van der Waals surface area contributed by atoms with Crippen molar-refractivity contribution < 1.29 is 0 Å². The third-order valence-electron chi connectivity index (χ3n) is 0.543. The first-order valence-electron chi connectivity index (χ1n) is 1.67. The van der Waals surface area contributed by atoms with Crippen molar-refractivity contribution in [2.24, 2.45) is 0 Å². The smallest absolute Gasteiger partial charge is 0.000322 e. The molecule has 1 heteroatoms. The summed E-state index contributed by atoms with van der Waals surface area (Å²) in [6, 6.07) is 1.88. The average Bonchev–Trinajstić information content (AvgIpc) is 1.86. The molecular formula is C5H4S. The Kier molecular flexibility index (Phi) is 0.926. The summed E-state index contributed by atoms with van der Waals surface area (Å²) < 4.78 is 0. The zero-order chi connectivity index (χ0) is 4.41. The lowest BCUT2D eigenvalue weighted by molar-refractivity contribution is 1.80. The van der Waals surface area contributed by atoms with E-state index in [0.717, 1.165) is 5.56 Å². The molecule has 0 aliphatic rings. The summed E-state index contributed by atoms with van der Waals surface area (Å²) in [6.07, 6.45) is 0. The van der Waals surface area contributed by atoms with Crippen LogP contribution in [-0.2, 0) is 0 Å². The van der Waals surface area contributed by atoms with Crippen LogP contribution in [0.2, 0.25) is 0 Å². The van der Waals surface area contributed by atoms with Gasteiger partial charge in [-0.25, -0.2) is 0 Å². The molecule has 0 aliphatic carbocycles. The highest BCUT2D eigenvalue weighted by molar-refractivity contribution is 7.08. The molecule has 0 aliphatic heterocycles. The molecule has 1 heterocycles. The highest BCUT2D eigenvalue weighted by Gasteiger charge is 1.75. The van der Waals surface area contributed by atoms with Gasteiger partial charge in [-0.05, 0) is 29.3 Å². The largest absolute Gasteiger partial charge is 0.152 e. The van der Waals surface area contributed by atoms with E-state index in [-0.39, 0.29) is 0 Å². The van der Waals surface area contributed by atoms with Crippen molar-refractivity contribution in [3.63, 3.8) is 0 Å². The first kappa shape index (κ1) is 3.88. The topological polar surface area (TPSA) is 0 Å². The molecule has 0 aromatic carbocycles. The molecule has 0 spiro atoms. The Balaban J connectivity index is 3.05. The molecular weight excluding hydrogens is 92.1 g/mol. The van der Waals surface area contributed by atoms with Crippen molar-refractivity contribution >= 4 is 11.3 Å². The number of rotatable bonds is 0. The number of hydrogen-bond acceptors (Lipinski definition) is 1. The van der Waals surface area contributed by atoms with Gasteiger partial charge in [0, 0.05) is 0 Å². The summed E-state index contributed by atoms with van der Waals surface area (Å²) in [4.78, 5) is 0. The fourth-order valence-corrected chi connectivity index (χ4v) is 0.825. The number of hydrogen-bond donors (Lipinski definition) is 0. The lowest BCUT2D eigenvalue weighted by atomic mass is 10.4. The molecule has 2 radical (unpaired) electrons. The molecule has 0 saturated heterocycles. The second-order valence-electron chi connectivity index (χ2n) is 1.06. The van der Waals surface area contributed by atoms with Crippen LogP contribution in [0.3, 0.4) is 0 Å². The van der Waals surface area contributed by atoms with Gasteiger partial charge >= 0.3 is 0 Å². The summed E-state index contributed by atoms with van der Waals surface area (Å²) >= 11 is 1.61. The minimum Gasteiger partial charge on any atom is -0.152 e. The predicted octanol–water partition coefficient (Wildman–Crippen LogP) is 1.81. The maximum atomic E-state index is 5.29. The van der Waals surface area contributed by atoms with Crippen LogP contribution in [0.25, 0.3) is 0 Å². The molecule has 0 nitrogen and oxygen atoms in total. The van der Waals surface area contributed by atoms with Crippen LogP contribution in [0, 0.1) is 6.92 Å². The second-order valence-corrected chi connectivity index (χ2v) is 1.84. The van der Waals surface area contributed by atoms with E-state index in [4.69, 9.17) is 6.92 Å². The van der Waals surface area contributed by atoms with Crippen molar-refractivity contribution in [1.82, 2.24) is 0 Å². The first-order valence-corrected chi connectivity index (χ1v) is 2.61. The van der Waals surface area contributed by atoms with E-state index < -0.39 is 0 Å². The fourth-order valence-electron chi connectivity index (χ4n) is 0.275. The average molecular weight is 96.2 g/mol. The molecule has 1 aromatic rings. The van der Waals surface area contributed by atoms with Gasteiger partial charge in [0.25, 0.3) is 0 Å². The van der Waals surface area contributed by atoms with Crippen molar-refractivity contribution in [1.29, 1.82) is 0 Å². The van der Waals surface area contributed by atoms with Gasteiger partial charge in [-0.15, -0.1) is 0 Å². The van der Waals surface area contributed by atoms with Gasteiger partial charge in [0.1, 0.15) is 0 Å². The Bertz CT molecular complexity index is 107. The van der Waals surface area contributed by atoms with Crippen molar-refractivity contribution in [3.05, 3.63) is 29.3 Å². The van der Waals surface area contributed by atoms with Crippen LogP contribution in [0.1, 0.15) is 5.56 Å². The van der Waals surface area contributed by atoms with Gasteiger partial charge in [-0.2, -0.15) is 11.3 Å². The van der Waals surface area contributed by atoms with E-state index in [2.05, 4.69) is 0 Å². The molecule has 0 fully saturated rings. The number of thiophene rings is 1. The Morgan fingerprint density at radius 2 is 2.50 bits per heavy atom. The standard InChI is InChI=1S/C5H4S/c1-5-2-3-6-4-5/h1-4H. The second kappa shape index (κ2) is 1.43. The third kappa shape index (κ3) is 0.601. The molecule has 6 heavy (non-hydrogen) atoms. The summed E-state index contributed by atoms with van der Waals surface area (Å²) in [5.41, 5.74) is 0.861. The van der Waals surface area contributed by atoms with Crippen molar-refractivity contribution in [3.8, 4) is 0 Å². The van der Waals surface area contributed by atoms with Crippen LogP contribution in [0.5, 0.6) is 0 Å². The van der Waals surface area contributed by atoms with E-state index in [0.29, 0.717) is 0 Å². The fraction of sp³-hybridized carbons (Fsp3) is 0. The van der Waals surface area contributed by atoms with E-state index in [1.54, 1.807) is 11.3 Å². The summed E-state index contributed by atoms with van der Waals surface area (Å²) in [7, 11) is 0. The van der Waals surface area contributed by atoms with Crippen LogP contribution in [0.4, 0.5) is 0 Å². The minimum atomic E-state index is 0.861. The van der Waals surface area contributed by atoms with E-state index >= 15 is 0 Å². The van der Waals surface area contributed by atoms with Crippen LogP contribution in [0.15, 0.2) is 16.8 Å². The maximum absolute atomic E-state index is 5.29. The molecule has 30 valence electrons. The van der Waals surface area contributed by atoms with Gasteiger partial charge in [-0.1, -0.05) is 0 Å².